The number of piperazine rings is 1. The number of allylic oxidation sites excluding steroid dienone is 2. The number of nitrogens with two attached hydrogens (primary N) is 1. The molecule has 0 spiro atoms. The molecule has 2 aromatic heterocycles. The normalized spacial score (nSPS) is 18.3. The van der Waals surface area contributed by atoms with Crippen LogP contribution in [0.2, 0.25) is 15.1 Å². The summed E-state index contributed by atoms with van der Waals surface area (Å²) in [5, 5.41) is 12.6. The minimum absolute atomic E-state index is 0.0137. The summed E-state index contributed by atoms with van der Waals surface area (Å²) in [6.07, 6.45) is 4.82. The number of carbonyl (C=O) groups is 1. The fourth-order valence-corrected chi connectivity index (χ4v) is 6.79. The van der Waals surface area contributed by atoms with Crippen LogP contribution in [-0.2, 0) is 4.79 Å². The number of fused-ring (bicyclic) bond motifs is 1. The summed E-state index contributed by atoms with van der Waals surface area (Å²) in [6, 6.07) is 2.93. The number of rotatable bonds is 5. The number of hydrogen-bond donors (Lipinski definition) is 2. The first-order chi connectivity index (χ1) is 21.7. The van der Waals surface area contributed by atoms with Gasteiger partial charge in [0.05, 0.1) is 38.9 Å². The highest BCUT2D eigenvalue weighted by Crippen LogP contribution is 2.45. The molecule has 14 heteroatoms. The zero-order valence-corrected chi connectivity index (χ0v) is 27.7. The van der Waals surface area contributed by atoms with Gasteiger partial charge in [0.25, 0.3) is 5.56 Å². The number of dihydropyridines is 1. The van der Waals surface area contributed by atoms with E-state index in [9.17, 15) is 23.6 Å². The summed E-state index contributed by atoms with van der Waals surface area (Å²) in [4.78, 5) is 35.2. The minimum atomic E-state index is -1.44. The van der Waals surface area contributed by atoms with E-state index in [1.54, 1.807) is 17.2 Å². The Labute approximate surface area is 279 Å². The van der Waals surface area contributed by atoms with Crippen LogP contribution in [0.25, 0.3) is 28.0 Å². The summed E-state index contributed by atoms with van der Waals surface area (Å²) >= 11 is 19.1. The Morgan fingerprint density at radius 3 is 2.52 bits per heavy atom. The van der Waals surface area contributed by atoms with E-state index in [2.05, 4.69) is 18.0 Å². The second-order valence-corrected chi connectivity index (χ2v) is 12.7. The molecule has 2 aliphatic rings. The Morgan fingerprint density at radius 1 is 1.24 bits per heavy atom. The van der Waals surface area contributed by atoms with E-state index < -0.39 is 32.9 Å². The molecule has 0 bridgehead atoms. The monoisotopic (exact) mass is 687 g/mol. The predicted molar refractivity (Wildman–Crippen MR) is 179 cm³/mol. The van der Waals surface area contributed by atoms with E-state index in [0.29, 0.717) is 17.6 Å². The van der Waals surface area contributed by atoms with Gasteiger partial charge in [0.2, 0.25) is 5.91 Å². The third-order valence-electron chi connectivity index (χ3n) is 8.35. The van der Waals surface area contributed by atoms with Crippen molar-refractivity contribution < 1.29 is 13.6 Å². The Morgan fingerprint density at radius 2 is 1.91 bits per heavy atom. The maximum atomic E-state index is 14.9. The number of nitrogens with one attached hydrogen (secondary N) is 1. The standard InChI is InChI=1S/C32H30Cl3F2N7O2/c1-6-20(45)43-10-9-42(13-16(43)5)30-17-11-19(33)28(21-22(34)24(36)25(37)23(35)26(21)39)41-31(17)44(32(46)18(30)12-38)29-15(4)7-8-40-27(29)14(2)3/h6-8,11,14,16,27,40H,1,9-10,13,39H2,2-5H3/t16-,27?/m1/s1. The van der Waals surface area contributed by atoms with Gasteiger partial charge >= 0.3 is 0 Å². The van der Waals surface area contributed by atoms with Crippen molar-refractivity contribution in [3.63, 3.8) is 0 Å². The molecule has 5 rings (SSSR count). The van der Waals surface area contributed by atoms with Gasteiger partial charge in [-0.2, -0.15) is 5.26 Å². The quantitative estimate of drug-likeness (QED) is 0.139. The Balaban J connectivity index is 1.91. The van der Waals surface area contributed by atoms with Crippen LogP contribution in [0.3, 0.4) is 0 Å². The fraction of sp³-hybridized carbons (Fsp3) is 0.312. The van der Waals surface area contributed by atoms with Crippen LogP contribution in [0, 0.1) is 28.9 Å². The number of nitrogen functional groups attached to an aromatic ring is 1. The molecule has 1 aromatic carbocycles. The molecule has 1 unspecified atom stereocenters. The van der Waals surface area contributed by atoms with Gasteiger partial charge in [-0.25, -0.2) is 13.8 Å². The summed E-state index contributed by atoms with van der Waals surface area (Å²) in [5.41, 5.74) is 6.17. The number of aromatic nitrogens is 2. The van der Waals surface area contributed by atoms with Gasteiger partial charge in [0.1, 0.15) is 22.3 Å². The van der Waals surface area contributed by atoms with Crippen molar-refractivity contribution in [1.82, 2.24) is 19.8 Å². The molecule has 9 nitrogen and oxygen atoms in total. The molecule has 240 valence electrons. The van der Waals surface area contributed by atoms with Crippen LogP contribution in [0.4, 0.5) is 20.2 Å². The number of anilines is 2. The van der Waals surface area contributed by atoms with Crippen molar-refractivity contribution in [2.24, 2.45) is 5.92 Å². The van der Waals surface area contributed by atoms with Gasteiger partial charge in [-0.3, -0.25) is 14.2 Å². The molecule has 2 aliphatic heterocycles. The number of nitriles is 1. The number of pyridine rings is 2. The van der Waals surface area contributed by atoms with Crippen LogP contribution in [-0.4, -0.2) is 52.1 Å². The molecule has 0 aliphatic carbocycles. The third kappa shape index (κ3) is 5.28. The van der Waals surface area contributed by atoms with E-state index in [1.165, 1.54) is 16.7 Å². The zero-order valence-electron chi connectivity index (χ0n) is 25.4. The van der Waals surface area contributed by atoms with Crippen molar-refractivity contribution in [2.75, 3.05) is 30.3 Å². The molecule has 2 atom stereocenters. The van der Waals surface area contributed by atoms with Gasteiger partial charge in [0.15, 0.2) is 11.6 Å². The predicted octanol–water partition coefficient (Wildman–Crippen LogP) is 6.35. The van der Waals surface area contributed by atoms with Crippen molar-refractivity contribution in [1.29, 1.82) is 5.26 Å². The van der Waals surface area contributed by atoms with Gasteiger partial charge in [0, 0.05) is 36.6 Å². The lowest BCUT2D eigenvalue weighted by Gasteiger charge is -2.41. The highest BCUT2D eigenvalue weighted by atomic mass is 35.5. The van der Waals surface area contributed by atoms with E-state index in [-0.39, 0.29) is 70.2 Å². The zero-order chi connectivity index (χ0) is 33.8. The number of halogens is 5. The lowest BCUT2D eigenvalue weighted by atomic mass is 9.94. The largest absolute Gasteiger partial charge is 0.397 e. The molecule has 1 saturated heterocycles. The summed E-state index contributed by atoms with van der Waals surface area (Å²) < 4.78 is 30.7. The number of hydrogen-bond acceptors (Lipinski definition) is 7. The van der Waals surface area contributed by atoms with Gasteiger partial charge in [-0.15, -0.1) is 0 Å². The maximum absolute atomic E-state index is 14.9. The average Bonchev–Trinajstić information content (AvgIpc) is 3.02. The number of amides is 1. The highest BCUT2D eigenvalue weighted by molar-refractivity contribution is 6.40. The minimum Gasteiger partial charge on any atom is -0.397 e. The lowest BCUT2D eigenvalue weighted by molar-refractivity contribution is -0.128. The number of carbonyl (C=O) groups excluding carboxylic acids is 1. The van der Waals surface area contributed by atoms with Crippen molar-refractivity contribution >= 4 is 68.8 Å². The Kier molecular flexibility index (Phi) is 9.10. The average molecular weight is 689 g/mol. The molecule has 3 aromatic rings. The van der Waals surface area contributed by atoms with Crippen molar-refractivity contribution in [3.8, 4) is 17.3 Å². The van der Waals surface area contributed by atoms with Gasteiger partial charge in [-0.05, 0) is 49.8 Å². The molecular weight excluding hydrogens is 659 g/mol. The Hall–Kier alpha value is -4.11. The summed E-state index contributed by atoms with van der Waals surface area (Å²) in [7, 11) is 0. The van der Waals surface area contributed by atoms with Crippen molar-refractivity contribution in [3.05, 3.63) is 79.2 Å². The van der Waals surface area contributed by atoms with Gasteiger partial charge < -0.3 is 20.9 Å². The second-order valence-electron chi connectivity index (χ2n) is 11.5. The third-order valence-corrected chi connectivity index (χ3v) is 9.36. The van der Waals surface area contributed by atoms with Crippen LogP contribution in [0.15, 0.2) is 41.4 Å². The van der Waals surface area contributed by atoms with E-state index in [4.69, 9.17) is 45.5 Å². The Bertz CT molecular complexity index is 1950. The van der Waals surface area contributed by atoms with Crippen LogP contribution < -0.4 is 21.5 Å². The first-order valence-corrected chi connectivity index (χ1v) is 15.5. The lowest BCUT2D eigenvalue weighted by Crippen LogP contribution is -2.54. The van der Waals surface area contributed by atoms with E-state index in [0.717, 1.165) is 5.57 Å². The smallest absolute Gasteiger partial charge is 0.276 e. The molecule has 1 fully saturated rings. The number of benzene rings is 1. The summed E-state index contributed by atoms with van der Waals surface area (Å²) in [5.74, 6) is -3.11. The molecule has 4 heterocycles. The fourth-order valence-electron chi connectivity index (χ4n) is 6.09. The number of nitrogens with zero attached hydrogens (tertiary/aromatic N) is 5. The molecular formula is C32H30Cl3F2N7O2. The first-order valence-electron chi connectivity index (χ1n) is 14.4. The van der Waals surface area contributed by atoms with E-state index in [1.807, 2.05) is 32.6 Å². The van der Waals surface area contributed by atoms with Crippen LogP contribution in [0.5, 0.6) is 0 Å². The summed E-state index contributed by atoms with van der Waals surface area (Å²) in [6.45, 7) is 12.1. The molecule has 1 amide bonds. The topological polar surface area (TPSA) is 120 Å². The van der Waals surface area contributed by atoms with Gasteiger partial charge in [-0.1, -0.05) is 55.2 Å². The maximum Gasteiger partial charge on any atom is 0.276 e. The second kappa shape index (κ2) is 12.6. The molecule has 0 radical (unpaired) electrons. The van der Waals surface area contributed by atoms with Crippen molar-refractivity contribution in [2.45, 2.75) is 39.8 Å². The SMILES string of the molecule is C=CC(=O)N1CCN(c2c(C#N)c(=O)n(C3=C(C)C=CNC3C(C)C)c3nc(-c4c(N)c(Cl)c(F)c(F)c4Cl)c(Cl)cc23)C[C@H]1C. The highest BCUT2D eigenvalue weighted by Gasteiger charge is 2.34. The molecule has 3 N–H and O–H groups in total. The van der Waals surface area contributed by atoms with Crippen LogP contribution in [0.1, 0.15) is 33.3 Å². The molecule has 46 heavy (non-hydrogen) atoms. The van der Waals surface area contributed by atoms with Crippen LogP contribution >= 0.6 is 34.8 Å². The van der Waals surface area contributed by atoms with E-state index >= 15 is 0 Å². The first kappa shape index (κ1) is 33.3. The molecule has 0 saturated carbocycles.